The summed E-state index contributed by atoms with van der Waals surface area (Å²) in [5, 5.41) is 2.63. The molecule has 0 aromatic heterocycles. The van der Waals surface area contributed by atoms with E-state index in [2.05, 4.69) is 10.1 Å². The lowest BCUT2D eigenvalue weighted by Crippen LogP contribution is -2.53. The molecule has 0 radical (unpaired) electrons. The van der Waals surface area contributed by atoms with E-state index >= 15 is 0 Å². The number of methoxy groups -OCH3 is 1. The van der Waals surface area contributed by atoms with Crippen LogP contribution in [0.3, 0.4) is 0 Å². The van der Waals surface area contributed by atoms with Crippen molar-refractivity contribution >= 4 is 11.9 Å². The van der Waals surface area contributed by atoms with Crippen molar-refractivity contribution in [2.75, 3.05) is 13.7 Å². The van der Waals surface area contributed by atoms with Crippen LogP contribution in [0.25, 0.3) is 0 Å². The number of hydrogen-bond donors (Lipinski definition) is 2. The summed E-state index contributed by atoms with van der Waals surface area (Å²) in [5.74, 6) is -0.553. The number of nitrogens with one attached hydrogen (secondary N) is 1. The van der Waals surface area contributed by atoms with Gasteiger partial charge in [-0.3, -0.25) is 9.59 Å². The van der Waals surface area contributed by atoms with Crippen molar-refractivity contribution in [3.8, 4) is 0 Å². The molecule has 0 spiro atoms. The number of hydrogen-bond acceptors (Lipinski definition) is 4. The van der Waals surface area contributed by atoms with Crippen molar-refractivity contribution in [1.82, 2.24) is 5.32 Å². The predicted octanol–water partition coefficient (Wildman–Crippen LogP) is 0.183. The minimum absolute atomic E-state index is 0.172. The largest absolute Gasteiger partial charge is 0.469 e. The molecule has 1 amide bonds. The molecule has 88 valence electrons. The van der Waals surface area contributed by atoms with Crippen LogP contribution < -0.4 is 11.1 Å². The highest BCUT2D eigenvalue weighted by Gasteiger charge is 2.29. The molecule has 0 saturated carbocycles. The molecule has 0 saturated heterocycles. The Hall–Kier alpha value is -1.10. The maximum absolute atomic E-state index is 11.6. The van der Waals surface area contributed by atoms with E-state index in [0.29, 0.717) is 12.8 Å². The Kier molecular flexibility index (Phi) is 5.93. The lowest BCUT2D eigenvalue weighted by molar-refractivity contribution is -0.140. The Balaban J connectivity index is 3.98. The zero-order valence-electron chi connectivity index (χ0n) is 9.63. The van der Waals surface area contributed by atoms with E-state index in [1.807, 2.05) is 13.8 Å². The highest BCUT2D eigenvalue weighted by molar-refractivity contribution is 5.86. The van der Waals surface area contributed by atoms with Crippen molar-refractivity contribution in [3.05, 3.63) is 0 Å². The summed E-state index contributed by atoms with van der Waals surface area (Å²) in [6.45, 7) is 4.00. The fourth-order valence-electron chi connectivity index (χ4n) is 1.13. The van der Waals surface area contributed by atoms with Gasteiger partial charge in [-0.1, -0.05) is 13.8 Å². The van der Waals surface area contributed by atoms with Crippen molar-refractivity contribution in [1.29, 1.82) is 0 Å². The summed E-state index contributed by atoms with van der Waals surface area (Å²) in [4.78, 5) is 22.4. The number of carbonyl (C=O) groups is 2. The SMILES string of the molecule is CCC(N)(CC)C(=O)NCCC(=O)OC. The smallest absolute Gasteiger partial charge is 0.307 e. The number of nitrogens with two attached hydrogens (primary N) is 1. The third-order valence-corrected chi connectivity index (χ3v) is 2.56. The monoisotopic (exact) mass is 216 g/mol. The van der Waals surface area contributed by atoms with Crippen LogP contribution in [0, 0.1) is 0 Å². The Labute approximate surface area is 90.4 Å². The molecule has 5 nitrogen and oxygen atoms in total. The fourth-order valence-corrected chi connectivity index (χ4v) is 1.13. The van der Waals surface area contributed by atoms with Crippen molar-refractivity contribution in [2.45, 2.75) is 38.6 Å². The van der Waals surface area contributed by atoms with E-state index < -0.39 is 5.54 Å². The van der Waals surface area contributed by atoms with E-state index in [1.165, 1.54) is 7.11 Å². The molecule has 0 heterocycles. The van der Waals surface area contributed by atoms with Crippen LogP contribution in [-0.2, 0) is 14.3 Å². The van der Waals surface area contributed by atoms with Gasteiger partial charge in [-0.25, -0.2) is 0 Å². The zero-order valence-corrected chi connectivity index (χ0v) is 9.63. The van der Waals surface area contributed by atoms with Gasteiger partial charge in [-0.05, 0) is 12.8 Å². The van der Waals surface area contributed by atoms with Crippen molar-refractivity contribution in [2.24, 2.45) is 5.73 Å². The number of rotatable bonds is 6. The Morgan fingerprint density at radius 1 is 1.33 bits per heavy atom. The first-order valence-electron chi connectivity index (χ1n) is 5.14. The summed E-state index contributed by atoms with van der Waals surface area (Å²) >= 11 is 0. The quantitative estimate of drug-likeness (QED) is 0.621. The summed E-state index contributed by atoms with van der Waals surface area (Å²) in [6.07, 6.45) is 1.33. The topological polar surface area (TPSA) is 81.4 Å². The number of carbonyl (C=O) groups excluding carboxylic acids is 2. The van der Waals surface area contributed by atoms with Gasteiger partial charge in [0.25, 0.3) is 0 Å². The molecule has 0 aromatic carbocycles. The molecule has 0 bridgehead atoms. The second-order valence-corrected chi connectivity index (χ2v) is 3.45. The molecule has 0 atom stereocenters. The molecular formula is C10H20N2O3. The first-order chi connectivity index (χ1) is 7.00. The molecule has 0 aliphatic heterocycles. The zero-order chi connectivity index (χ0) is 11.9. The molecule has 0 rings (SSSR count). The van der Waals surface area contributed by atoms with Gasteiger partial charge in [0.15, 0.2) is 0 Å². The number of ether oxygens (including phenoxy) is 1. The molecule has 0 aliphatic rings. The molecule has 15 heavy (non-hydrogen) atoms. The third kappa shape index (κ3) is 4.29. The van der Waals surface area contributed by atoms with Gasteiger partial charge >= 0.3 is 5.97 Å². The van der Waals surface area contributed by atoms with E-state index in [4.69, 9.17) is 5.73 Å². The van der Waals surface area contributed by atoms with E-state index in [0.717, 1.165) is 0 Å². The molecule has 0 aliphatic carbocycles. The number of amides is 1. The van der Waals surface area contributed by atoms with Crippen LogP contribution >= 0.6 is 0 Å². The van der Waals surface area contributed by atoms with Crippen LogP contribution in [-0.4, -0.2) is 31.1 Å². The first kappa shape index (κ1) is 13.9. The maximum atomic E-state index is 11.6. The average molecular weight is 216 g/mol. The second-order valence-electron chi connectivity index (χ2n) is 3.45. The highest BCUT2D eigenvalue weighted by atomic mass is 16.5. The van der Waals surface area contributed by atoms with Gasteiger partial charge < -0.3 is 15.8 Å². The van der Waals surface area contributed by atoms with Crippen LogP contribution in [0.1, 0.15) is 33.1 Å². The van der Waals surface area contributed by atoms with Gasteiger partial charge in [-0.15, -0.1) is 0 Å². The van der Waals surface area contributed by atoms with Crippen molar-refractivity contribution < 1.29 is 14.3 Å². The minimum atomic E-state index is -0.823. The van der Waals surface area contributed by atoms with E-state index in [1.54, 1.807) is 0 Å². The Bertz CT molecular complexity index is 225. The Morgan fingerprint density at radius 2 is 1.87 bits per heavy atom. The van der Waals surface area contributed by atoms with Crippen molar-refractivity contribution in [3.63, 3.8) is 0 Å². The average Bonchev–Trinajstić information content (AvgIpc) is 2.27. The van der Waals surface area contributed by atoms with Crippen LogP contribution in [0.5, 0.6) is 0 Å². The lowest BCUT2D eigenvalue weighted by Gasteiger charge is -2.24. The first-order valence-corrected chi connectivity index (χ1v) is 5.14. The Morgan fingerprint density at radius 3 is 2.27 bits per heavy atom. The minimum Gasteiger partial charge on any atom is -0.469 e. The van der Waals surface area contributed by atoms with E-state index in [-0.39, 0.29) is 24.8 Å². The van der Waals surface area contributed by atoms with Gasteiger partial charge in [0.05, 0.1) is 19.1 Å². The third-order valence-electron chi connectivity index (χ3n) is 2.56. The fraction of sp³-hybridized carbons (Fsp3) is 0.800. The van der Waals surface area contributed by atoms with Crippen LogP contribution in [0.15, 0.2) is 0 Å². The van der Waals surface area contributed by atoms with Gasteiger partial charge in [0, 0.05) is 6.54 Å². The standard InChI is InChI=1S/C10H20N2O3/c1-4-10(11,5-2)9(14)12-7-6-8(13)15-3/h4-7,11H2,1-3H3,(H,12,14). The summed E-state index contributed by atoms with van der Waals surface area (Å²) < 4.78 is 4.45. The van der Waals surface area contributed by atoms with Gasteiger partial charge in [-0.2, -0.15) is 0 Å². The second kappa shape index (κ2) is 6.40. The molecule has 0 fully saturated rings. The molecule has 0 unspecified atom stereocenters. The maximum Gasteiger partial charge on any atom is 0.307 e. The molecule has 5 heteroatoms. The summed E-state index contributed by atoms with van der Waals surface area (Å²) in [5.41, 5.74) is 5.04. The predicted molar refractivity (Wildman–Crippen MR) is 57.1 cm³/mol. The normalized spacial score (nSPS) is 10.9. The lowest BCUT2D eigenvalue weighted by atomic mass is 9.93. The molecular weight excluding hydrogens is 196 g/mol. The summed E-state index contributed by atoms with van der Waals surface area (Å²) in [6, 6.07) is 0. The van der Waals surface area contributed by atoms with Gasteiger partial charge in [0.2, 0.25) is 5.91 Å². The summed E-state index contributed by atoms with van der Waals surface area (Å²) in [7, 11) is 1.31. The van der Waals surface area contributed by atoms with Crippen LogP contribution in [0.4, 0.5) is 0 Å². The van der Waals surface area contributed by atoms with Gasteiger partial charge in [0.1, 0.15) is 0 Å². The molecule has 0 aromatic rings. The highest BCUT2D eigenvalue weighted by Crippen LogP contribution is 2.10. The molecule has 3 N–H and O–H groups in total. The number of esters is 1. The van der Waals surface area contributed by atoms with Crippen LogP contribution in [0.2, 0.25) is 0 Å². The van der Waals surface area contributed by atoms with E-state index in [9.17, 15) is 9.59 Å².